The molecule has 3 aromatic rings. The normalized spacial score (nSPS) is 19.7. The van der Waals surface area contributed by atoms with E-state index >= 15 is 0 Å². The molecule has 2 atom stereocenters. The summed E-state index contributed by atoms with van der Waals surface area (Å²) in [6.07, 6.45) is 2.21. The zero-order valence-corrected chi connectivity index (χ0v) is 18.9. The summed E-state index contributed by atoms with van der Waals surface area (Å²) in [7, 11) is -3.58. The lowest BCUT2D eigenvalue weighted by molar-refractivity contribution is -0.116. The lowest BCUT2D eigenvalue weighted by Gasteiger charge is -2.34. The summed E-state index contributed by atoms with van der Waals surface area (Å²) >= 11 is 0. The Hall–Kier alpha value is -3.04. The van der Waals surface area contributed by atoms with Crippen molar-refractivity contribution in [1.82, 2.24) is 13.9 Å². The largest absolute Gasteiger partial charge is 0.325 e. The van der Waals surface area contributed by atoms with E-state index in [1.807, 2.05) is 6.07 Å². The van der Waals surface area contributed by atoms with E-state index in [-0.39, 0.29) is 17.0 Å². The molecule has 2 heterocycles. The van der Waals surface area contributed by atoms with Crippen LogP contribution in [0.15, 0.2) is 64.4 Å². The van der Waals surface area contributed by atoms with Crippen LogP contribution in [0, 0.1) is 11.8 Å². The number of carbonyl (C=O) groups excluding carboxylic acids is 1. The molecule has 1 N–H and O–H groups in total. The first-order valence-corrected chi connectivity index (χ1v) is 12.0. The summed E-state index contributed by atoms with van der Waals surface area (Å²) in [6, 6.07) is 13.2. The molecule has 32 heavy (non-hydrogen) atoms. The van der Waals surface area contributed by atoms with Gasteiger partial charge in [-0.15, -0.1) is 0 Å². The number of hydrogen-bond donors (Lipinski definition) is 1. The highest BCUT2D eigenvalue weighted by Crippen LogP contribution is 2.27. The van der Waals surface area contributed by atoms with Crippen molar-refractivity contribution < 1.29 is 13.2 Å². The number of sulfonamides is 1. The highest BCUT2D eigenvalue weighted by molar-refractivity contribution is 7.89. The molecular weight excluding hydrogens is 428 g/mol. The second kappa shape index (κ2) is 8.84. The Morgan fingerprint density at radius 3 is 2.41 bits per heavy atom. The number of carbonyl (C=O) groups is 1. The minimum atomic E-state index is -3.58. The maximum atomic E-state index is 13.0. The van der Waals surface area contributed by atoms with Crippen LogP contribution in [-0.4, -0.2) is 41.3 Å². The van der Waals surface area contributed by atoms with Gasteiger partial charge in [-0.2, -0.15) is 4.31 Å². The van der Waals surface area contributed by atoms with Gasteiger partial charge in [0.05, 0.1) is 22.1 Å². The first-order chi connectivity index (χ1) is 15.2. The molecule has 1 aliphatic heterocycles. The Morgan fingerprint density at radius 1 is 1.06 bits per heavy atom. The molecular formula is C23H26N4O4S. The predicted octanol–water partition coefficient (Wildman–Crippen LogP) is 2.70. The smallest absolute Gasteiger partial charge is 0.269 e. The average Bonchev–Trinajstić information content (AvgIpc) is 2.75. The molecule has 2 aromatic carbocycles. The molecule has 0 spiro atoms. The zero-order chi connectivity index (χ0) is 22.9. The van der Waals surface area contributed by atoms with E-state index < -0.39 is 15.9 Å². The molecule has 2 unspecified atom stereocenters. The highest BCUT2D eigenvalue weighted by Gasteiger charge is 2.31. The molecule has 1 aliphatic rings. The first-order valence-electron chi connectivity index (χ1n) is 10.6. The molecule has 0 bridgehead atoms. The summed E-state index contributed by atoms with van der Waals surface area (Å²) in [5, 5.41) is 2.73. The number of para-hydroxylation sites is 2. The average molecular weight is 455 g/mol. The maximum absolute atomic E-state index is 13.0. The van der Waals surface area contributed by atoms with Crippen LogP contribution in [0.5, 0.6) is 0 Å². The summed E-state index contributed by atoms with van der Waals surface area (Å²) in [5.74, 6) is 0.247. The number of amides is 1. The Bertz CT molecular complexity index is 1290. The van der Waals surface area contributed by atoms with Crippen LogP contribution < -0.4 is 10.9 Å². The van der Waals surface area contributed by atoms with Crippen molar-refractivity contribution in [3.63, 3.8) is 0 Å². The van der Waals surface area contributed by atoms with Crippen LogP contribution in [0.1, 0.15) is 20.3 Å². The number of benzene rings is 2. The number of nitrogens with zero attached hydrogens (tertiary/aromatic N) is 3. The summed E-state index contributed by atoms with van der Waals surface area (Å²) in [5.41, 5.74) is 1.28. The third-order valence-electron chi connectivity index (χ3n) is 5.67. The lowest BCUT2D eigenvalue weighted by Crippen LogP contribution is -2.42. The van der Waals surface area contributed by atoms with Gasteiger partial charge >= 0.3 is 0 Å². The fourth-order valence-corrected chi connectivity index (χ4v) is 5.96. The van der Waals surface area contributed by atoms with E-state index in [0.717, 1.165) is 6.42 Å². The second-order valence-corrected chi connectivity index (χ2v) is 10.4. The second-order valence-electron chi connectivity index (χ2n) is 8.51. The highest BCUT2D eigenvalue weighted by atomic mass is 32.2. The van der Waals surface area contributed by atoms with Gasteiger partial charge in [0.25, 0.3) is 5.56 Å². The Balaban J connectivity index is 1.48. The topological polar surface area (TPSA) is 101 Å². The van der Waals surface area contributed by atoms with E-state index in [1.165, 1.54) is 22.9 Å². The number of hydrogen-bond acceptors (Lipinski definition) is 5. The summed E-state index contributed by atoms with van der Waals surface area (Å²) in [4.78, 5) is 29.1. The van der Waals surface area contributed by atoms with Crippen LogP contribution in [0.25, 0.3) is 11.0 Å². The van der Waals surface area contributed by atoms with Crippen molar-refractivity contribution in [3.8, 4) is 0 Å². The van der Waals surface area contributed by atoms with Crippen LogP contribution in [0.3, 0.4) is 0 Å². The van der Waals surface area contributed by atoms with Gasteiger partial charge in [-0.3, -0.25) is 14.2 Å². The Kier molecular flexibility index (Phi) is 6.12. The van der Waals surface area contributed by atoms with Crippen molar-refractivity contribution in [3.05, 3.63) is 65.1 Å². The Labute approximate surface area is 186 Å². The predicted molar refractivity (Wildman–Crippen MR) is 123 cm³/mol. The summed E-state index contributed by atoms with van der Waals surface area (Å²) in [6.45, 7) is 4.98. The molecule has 168 valence electrons. The third kappa shape index (κ3) is 4.58. The SMILES string of the molecule is CC1CC(C)CN(S(=O)(=O)c2ccc(NC(=O)Cn3c(=O)cnc4ccccc43)cc2)C1. The molecule has 4 rings (SSSR count). The molecule has 0 saturated carbocycles. The monoisotopic (exact) mass is 454 g/mol. The number of aromatic nitrogens is 2. The lowest BCUT2D eigenvalue weighted by atomic mass is 9.94. The number of fused-ring (bicyclic) bond motifs is 1. The van der Waals surface area contributed by atoms with E-state index in [1.54, 1.807) is 34.6 Å². The number of piperidine rings is 1. The van der Waals surface area contributed by atoms with Gasteiger partial charge in [-0.05, 0) is 54.7 Å². The van der Waals surface area contributed by atoms with Gasteiger partial charge in [-0.1, -0.05) is 26.0 Å². The summed E-state index contributed by atoms with van der Waals surface area (Å²) < 4.78 is 28.9. The van der Waals surface area contributed by atoms with Gasteiger partial charge in [0.2, 0.25) is 15.9 Å². The van der Waals surface area contributed by atoms with Crippen LogP contribution >= 0.6 is 0 Å². The number of nitrogens with one attached hydrogen (secondary N) is 1. The van der Waals surface area contributed by atoms with Gasteiger partial charge in [-0.25, -0.2) is 13.4 Å². The standard InChI is InChI=1S/C23H26N4O4S/c1-16-11-17(2)14-26(13-16)32(30,31)19-9-7-18(8-10-19)25-22(28)15-27-21-6-4-3-5-20(21)24-12-23(27)29/h3-10,12,16-17H,11,13-15H2,1-2H3,(H,25,28). The van der Waals surface area contributed by atoms with Crippen LogP contribution in [-0.2, 0) is 21.4 Å². The molecule has 8 nitrogen and oxygen atoms in total. The van der Waals surface area contributed by atoms with Gasteiger partial charge in [0, 0.05) is 18.8 Å². The van der Waals surface area contributed by atoms with E-state index in [4.69, 9.17) is 0 Å². The van der Waals surface area contributed by atoms with Crippen molar-refractivity contribution in [1.29, 1.82) is 0 Å². The maximum Gasteiger partial charge on any atom is 0.269 e. The van der Waals surface area contributed by atoms with Crippen molar-refractivity contribution >= 4 is 32.7 Å². The molecule has 9 heteroatoms. The van der Waals surface area contributed by atoms with Crippen molar-refractivity contribution in [2.75, 3.05) is 18.4 Å². The van der Waals surface area contributed by atoms with Gasteiger partial charge in [0.1, 0.15) is 6.54 Å². The molecule has 1 saturated heterocycles. The molecule has 0 radical (unpaired) electrons. The first kappa shape index (κ1) is 22.2. The van der Waals surface area contributed by atoms with Crippen LogP contribution in [0.4, 0.5) is 5.69 Å². The van der Waals surface area contributed by atoms with E-state index in [0.29, 0.717) is 41.6 Å². The molecule has 1 amide bonds. The van der Waals surface area contributed by atoms with Gasteiger partial charge in [0.15, 0.2) is 0 Å². The quantitative estimate of drug-likeness (QED) is 0.639. The minimum Gasteiger partial charge on any atom is -0.325 e. The fraction of sp³-hybridized carbons (Fsp3) is 0.348. The van der Waals surface area contributed by atoms with Crippen LogP contribution in [0.2, 0.25) is 0 Å². The zero-order valence-electron chi connectivity index (χ0n) is 18.1. The molecule has 1 fully saturated rings. The van der Waals surface area contributed by atoms with E-state index in [9.17, 15) is 18.0 Å². The minimum absolute atomic E-state index is 0.175. The molecule has 1 aromatic heterocycles. The van der Waals surface area contributed by atoms with E-state index in [2.05, 4.69) is 24.1 Å². The van der Waals surface area contributed by atoms with Crippen molar-refractivity contribution in [2.45, 2.75) is 31.7 Å². The fourth-order valence-electron chi connectivity index (χ4n) is 4.28. The number of anilines is 1. The van der Waals surface area contributed by atoms with Crippen molar-refractivity contribution in [2.24, 2.45) is 11.8 Å². The third-order valence-corrected chi connectivity index (χ3v) is 7.51. The van der Waals surface area contributed by atoms with Gasteiger partial charge < -0.3 is 5.32 Å². The Morgan fingerprint density at radius 2 is 1.72 bits per heavy atom. The molecule has 0 aliphatic carbocycles. The number of rotatable bonds is 5.